The Hall–Kier alpha value is -2.19. The first kappa shape index (κ1) is 34.3. The van der Waals surface area contributed by atoms with Crippen LogP contribution in [0.3, 0.4) is 0 Å². The molecule has 0 heterocycles. The first-order valence-electron chi connectivity index (χ1n) is 15.3. The van der Waals surface area contributed by atoms with Crippen LogP contribution in [-0.4, -0.2) is 9.79 Å². The minimum absolute atomic E-state index is 0.0660. The predicted octanol–water partition coefficient (Wildman–Crippen LogP) is 9.49. The molecule has 0 unspecified atom stereocenters. The van der Waals surface area contributed by atoms with E-state index < -0.39 is 7.28 Å². The molecule has 232 valence electrons. The Morgan fingerprint density at radius 3 is 1.31 bits per heavy atom. The van der Waals surface area contributed by atoms with Crippen LogP contribution >= 0.6 is 7.28 Å². The van der Waals surface area contributed by atoms with Crippen molar-refractivity contribution in [2.75, 3.05) is 0 Å². The van der Waals surface area contributed by atoms with Gasteiger partial charge in [-0.05, 0) is 0 Å². The number of rotatable bonds is 4. The molecular formula is C38H57O3P. The van der Waals surface area contributed by atoms with Crippen LogP contribution < -0.4 is 15.1 Å². The summed E-state index contributed by atoms with van der Waals surface area (Å²) in [4.78, 5) is 26.7. The molecule has 0 amide bonds. The van der Waals surface area contributed by atoms with Gasteiger partial charge in [-0.15, -0.1) is 0 Å². The van der Waals surface area contributed by atoms with E-state index in [1.54, 1.807) is 0 Å². The zero-order valence-electron chi connectivity index (χ0n) is 29.0. The van der Waals surface area contributed by atoms with E-state index in [9.17, 15) is 9.79 Å². The topological polar surface area (TPSA) is 49.7 Å². The van der Waals surface area contributed by atoms with Gasteiger partial charge in [0.25, 0.3) is 0 Å². The second kappa shape index (κ2) is 10.5. The van der Waals surface area contributed by atoms with Crippen LogP contribution in [0.1, 0.15) is 132 Å². The second-order valence-electron chi connectivity index (χ2n) is 17.2. The molecule has 0 aliphatic rings. The Bertz CT molecular complexity index is 1450. The van der Waals surface area contributed by atoms with Crippen molar-refractivity contribution in [3.8, 4) is 5.75 Å². The molecule has 0 saturated carbocycles. The van der Waals surface area contributed by atoms with Gasteiger partial charge in [0, 0.05) is 0 Å². The van der Waals surface area contributed by atoms with Gasteiger partial charge in [0.15, 0.2) is 0 Å². The van der Waals surface area contributed by atoms with Gasteiger partial charge in [-0.1, -0.05) is 0 Å². The Labute approximate surface area is 256 Å². The van der Waals surface area contributed by atoms with E-state index in [0.717, 1.165) is 22.3 Å². The summed E-state index contributed by atoms with van der Waals surface area (Å²) < 4.78 is 6.93. The van der Waals surface area contributed by atoms with E-state index in [1.807, 2.05) is 42.5 Å². The summed E-state index contributed by atoms with van der Waals surface area (Å²) in [6, 6.07) is 20.0. The average molecular weight is 593 g/mol. The SMILES string of the molecule is CC(C)(C)c1ccc(OP(O)(O)(c2ccccc2C(C)(C)C)c2ccc(C(C)(C)C)cc2C(C)(C)C)c(C(C)(C)C)c1. The van der Waals surface area contributed by atoms with Crippen molar-refractivity contribution in [1.82, 2.24) is 0 Å². The summed E-state index contributed by atoms with van der Waals surface area (Å²) in [7, 11) is -5.33. The Morgan fingerprint density at radius 2 is 0.857 bits per heavy atom. The first-order valence-corrected chi connectivity index (χ1v) is 17.3. The van der Waals surface area contributed by atoms with Crippen molar-refractivity contribution in [3.05, 3.63) is 88.5 Å². The van der Waals surface area contributed by atoms with Crippen LogP contribution in [0.15, 0.2) is 60.7 Å². The third kappa shape index (κ3) is 6.80. The van der Waals surface area contributed by atoms with Crippen molar-refractivity contribution in [2.45, 2.75) is 131 Å². The van der Waals surface area contributed by atoms with Gasteiger partial charge in [0.05, 0.1) is 0 Å². The standard InChI is InChI=1S/C38H57O3P/c1-34(2,3)26-20-22-31(29(24-26)37(10,11)12)41-42(39,40,32-19-17-16-18-28(32)36(7,8)9)33-23-21-27(35(4,5)6)25-30(33)38(13,14)15/h16-25,39-40H,1-15H3. The maximum atomic E-state index is 13.3. The minimum atomic E-state index is -5.33. The molecule has 0 saturated heterocycles. The Balaban J connectivity index is 2.55. The molecule has 4 heteroatoms. The third-order valence-corrected chi connectivity index (χ3v) is 11.2. The molecule has 3 rings (SSSR count). The predicted molar refractivity (Wildman–Crippen MR) is 184 cm³/mol. The average Bonchev–Trinajstić information content (AvgIpc) is 2.81. The zero-order chi connectivity index (χ0) is 32.3. The molecule has 3 aromatic carbocycles. The molecule has 0 spiro atoms. The van der Waals surface area contributed by atoms with E-state index in [1.165, 1.54) is 5.56 Å². The van der Waals surface area contributed by atoms with Crippen LogP contribution in [0.25, 0.3) is 0 Å². The number of hydrogen-bond acceptors (Lipinski definition) is 3. The maximum absolute atomic E-state index is 13.3. The van der Waals surface area contributed by atoms with E-state index in [0.29, 0.717) is 16.4 Å². The van der Waals surface area contributed by atoms with E-state index in [2.05, 4.69) is 122 Å². The molecule has 2 N–H and O–H groups in total. The van der Waals surface area contributed by atoms with Crippen LogP contribution in [0.2, 0.25) is 0 Å². The summed E-state index contributed by atoms with van der Waals surface area (Å²) in [5.41, 5.74) is 3.80. The van der Waals surface area contributed by atoms with Crippen LogP contribution in [0.4, 0.5) is 0 Å². The molecular weight excluding hydrogens is 535 g/mol. The van der Waals surface area contributed by atoms with Crippen molar-refractivity contribution in [1.29, 1.82) is 0 Å². The molecule has 42 heavy (non-hydrogen) atoms. The van der Waals surface area contributed by atoms with Gasteiger partial charge in [-0.25, -0.2) is 0 Å². The van der Waals surface area contributed by atoms with Gasteiger partial charge in [-0.3, -0.25) is 0 Å². The summed E-state index contributed by atoms with van der Waals surface area (Å²) in [6.07, 6.45) is 0. The third-order valence-electron chi connectivity index (χ3n) is 8.18. The fraction of sp³-hybridized carbons (Fsp3) is 0.526. The molecule has 3 aromatic rings. The zero-order valence-corrected chi connectivity index (χ0v) is 29.9. The van der Waals surface area contributed by atoms with E-state index in [-0.39, 0.29) is 27.1 Å². The van der Waals surface area contributed by atoms with Crippen LogP contribution in [0, 0.1) is 0 Å². The van der Waals surface area contributed by atoms with Gasteiger partial charge >= 0.3 is 257 Å². The van der Waals surface area contributed by atoms with E-state index >= 15 is 0 Å². The normalized spacial score (nSPS) is 14.8. The monoisotopic (exact) mass is 592 g/mol. The summed E-state index contributed by atoms with van der Waals surface area (Å²) in [6.45, 7) is 32.3. The first-order chi connectivity index (χ1) is 18.7. The fourth-order valence-electron chi connectivity index (χ4n) is 5.49. The molecule has 0 aliphatic carbocycles. The van der Waals surface area contributed by atoms with Crippen molar-refractivity contribution in [2.24, 2.45) is 0 Å². The summed E-state index contributed by atoms with van der Waals surface area (Å²) in [5.74, 6) is 0.502. The molecule has 0 aromatic heterocycles. The second-order valence-corrected chi connectivity index (χ2v) is 20.3. The van der Waals surface area contributed by atoms with Gasteiger partial charge < -0.3 is 0 Å². The summed E-state index contributed by atoms with van der Waals surface area (Å²) in [5, 5.41) is 0.905. The van der Waals surface area contributed by atoms with Crippen molar-refractivity contribution < 1.29 is 14.3 Å². The molecule has 0 atom stereocenters. The van der Waals surface area contributed by atoms with E-state index in [4.69, 9.17) is 4.52 Å². The number of benzene rings is 3. The molecule has 3 nitrogen and oxygen atoms in total. The molecule has 0 aliphatic heterocycles. The van der Waals surface area contributed by atoms with Crippen molar-refractivity contribution in [3.63, 3.8) is 0 Å². The summed E-state index contributed by atoms with van der Waals surface area (Å²) >= 11 is 0. The Kier molecular flexibility index (Phi) is 8.55. The van der Waals surface area contributed by atoms with Gasteiger partial charge in [-0.2, -0.15) is 0 Å². The fourth-order valence-corrected chi connectivity index (χ4v) is 8.86. The van der Waals surface area contributed by atoms with Crippen LogP contribution in [-0.2, 0) is 27.1 Å². The molecule has 0 radical (unpaired) electrons. The van der Waals surface area contributed by atoms with Gasteiger partial charge in [0.2, 0.25) is 0 Å². The number of hydrogen-bond donors (Lipinski definition) is 2. The molecule has 0 bridgehead atoms. The van der Waals surface area contributed by atoms with Crippen molar-refractivity contribution >= 4 is 17.9 Å². The Morgan fingerprint density at radius 1 is 0.452 bits per heavy atom. The molecule has 0 fully saturated rings. The van der Waals surface area contributed by atoms with Gasteiger partial charge in [0.1, 0.15) is 0 Å². The quantitative estimate of drug-likeness (QED) is 0.297. The van der Waals surface area contributed by atoms with Crippen LogP contribution in [0.5, 0.6) is 5.75 Å².